The average molecular weight is 338 g/mol. The Morgan fingerprint density at radius 3 is 2.68 bits per heavy atom. The molecule has 0 fully saturated rings. The van der Waals surface area contributed by atoms with Gasteiger partial charge in [-0.1, -0.05) is 19.1 Å². The summed E-state index contributed by atoms with van der Waals surface area (Å²) in [5.74, 6) is -0.0449. The van der Waals surface area contributed by atoms with Crippen molar-refractivity contribution in [3.63, 3.8) is 0 Å². The van der Waals surface area contributed by atoms with Gasteiger partial charge in [0.15, 0.2) is 0 Å². The standard InChI is InChI=1S/C19H19FN4O/c1-13(15-7-9-21-10-8-15)11-19(25)22-18-12-14(2)23-24(18)17-6-4-3-5-16(17)20/h3-10,12-13H,11H2,1-2H3,(H,22,25)/t13-/m1/s1. The summed E-state index contributed by atoms with van der Waals surface area (Å²) in [6, 6.07) is 11.8. The van der Waals surface area contributed by atoms with E-state index >= 15 is 0 Å². The lowest BCUT2D eigenvalue weighted by molar-refractivity contribution is -0.116. The molecule has 0 aliphatic heterocycles. The molecule has 25 heavy (non-hydrogen) atoms. The van der Waals surface area contributed by atoms with E-state index in [1.807, 2.05) is 19.1 Å². The summed E-state index contributed by atoms with van der Waals surface area (Å²) >= 11 is 0. The van der Waals surface area contributed by atoms with Gasteiger partial charge in [-0.25, -0.2) is 9.07 Å². The first kappa shape index (κ1) is 16.8. The normalized spacial score (nSPS) is 12.0. The molecule has 1 N–H and O–H groups in total. The molecule has 1 aromatic carbocycles. The molecule has 0 aliphatic carbocycles. The Bertz CT molecular complexity index is 876. The van der Waals surface area contributed by atoms with E-state index in [4.69, 9.17) is 0 Å². The lowest BCUT2D eigenvalue weighted by Gasteiger charge is -2.13. The molecule has 1 amide bonds. The first-order chi connectivity index (χ1) is 12.0. The number of para-hydroxylation sites is 1. The summed E-state index contributed by atoms with van der Waals surface area (Å²) in [6.07, 6.45) is 3.73. The van der Waals surface area contributed by atoms with Crippen LogP contribution < -0.4 is 5.32 Å². The van der Waals surface area contributed by atoms with E-state index in [-0.39, 0.29) is 11.8 Å². The zero-order chi connectivity index (χ0) is 17.8. The summed E-state index contributed by atoms with van der Waals surface area (Å²) in [5, 5.41) is 7.12. The van der Waals surface area contributed by atoms with Crippen LogP contribution in [0.4, 0.5) is 10.2 Å². The fraction of sp³-hybridized carbons (Fsp3) is 0.211. The highest BCUT2D eigenvalue weighted by Gasteiger charge is 2.16. The Morgan fingerprint density at radius 1 is 1.24 bits per heavy atom. The number of rotatable bonds is 5. The molecule has 0 saturated heterocycles. The predicted molar refractivity (Wildman–Crippen MR) is 94.2 cm³/mol. The minimum absolute atomic E-state index is 0.0499. The maximum atomic E-state index is 14.1. The van der Waals surface area contributed by atoms with Crippen molar-refractivity contribution in [3.8, 4) is 5.69 Å². The van der Waals surface area contributed by atoms with E-state index < -0.39 is 5.82 Å². The quantitative estimate of drug-likeness (QED) is 0.769. The third-order valence-electron chi connectivity index (χ3n) is 3.95. The van der Waals surface area contributed by atoms with Crippen molar-refractivity contribution in [1.29, 1.82) is 0 Å². The van der Waals surface area contributed by atoms with Gasteiger partial charge < -0.3 is 5.32 Å². The molecule has 0 radical (unpaired) electrons. The number of hydrogen-bond acceptors (Lipinski definition) is 3. The van der Waals surface area contributed by atoms with Gasteiger partial charge in [0, 0.05) is 24.9 Å². The van der Waals surface area contributed by atoms with Crippen molar-refractivity contribution in [3.05, 3.63) is 71.9 Å². The van der Waals surface area contributed by atoms with Gasteiger partial charge in [-0.2, -0.15) is 5.10 Å². The largest absolute Gasteiger partial charge is 0.311 e. The second-order valence-corrected chi connectivity index (χ2v) is 5.97. The molecular formula is C19H19FN4O. The number of benzene rings is 1. The molecule has 1 atom stereocenters. The van der Waals surface area contributed by atoms with Crippen LogP contribution >= 0.6 is 0 Å². The van der Waals surface area contributed by atoms with Gasteiger partial charge in [0.1, 0.15) is 17.3 Å². The maximum absolute atomic E-state index is 14.1. The monoisotopic (exact) mass is 338 g/mol. The molecule has 6 heteroatoms. The van der Waals surface area contributed by atoms with Gasteiger partial charge in [0.05, 0.1) is 5.69 Å². The number of halogens is 1. The lowest BCUT2D eigenvalue weighted by Crippen LogP contribution is -2.17. The number of aryl methyl sites for hydroxylation is 1. The number of pyridine rings is 1. The highest BCUT2D eigenvalue weighted by molar-refractivity contribution is 5.90. The molecule has 128 valence electrons. The predicted octanol–water partition coefficient (Wildman–Crippen LogP) is 3.85. The van der Waals surface area contributed by atoms with Gasteiger partial charge in [-0.05, 0) is 42.7 Å². The summed E-state index contributed by atoms with van der Waals surface area (Å²) < 4.78 is 15.5. The summed E-state index contributed by atoms with van der Waals surface area (Å²) in [7, 11) is 0. The molecule has 5 nitrogen and oxygen atoms in total. The number of carbonyl (C=O) groups is 1. The Hall–Kier alpha value is -3.02. The van der Waals surface area contributed by atoms with E-state index in [0.717, 1.165) is 5.56 Å². The molecule has 0 saturated carbocycles. The zero-order valence-electron chi connectivity index (χ0n) is 14.1. The second-order valence-electron chi connectivity index (χ2n) is 5.97. The lowest BCUT2D eigenvalue weighted by atomic mass is 9.99. The molecule has 0 spiro atoms. The number of aromatic nitrogens is 3. The number of nitrogens with zero attached hydrogens (tertiary/aromatic N) is 3. The molecule has 3 rings (SSSR count). The average Bonchev–Trinajstić information content (AvgIpc) is 2.96. The van der Waals surface area contributed by atoms with Crippen LogP contribution in [0.5, 0.6) is 0 Å². The minimum Gasteiger partial charge on any atom is -0.311 e. The molecule has 0 bridgehead atoms. The van der Waals surface area contributed by atoms with Crippen LogP contribution in [0.2, 0.25) is 0 Å². The van der Waals surface area contributed by atoms with Crippen molar-refractivity contribution < 1.29 is 9.18 Å². The molecule has 2 aromatic heterocycles. The third kappa shape index (κ3) is 3.91. The maximum Gasteiger partial charge on any atom is 0.226 e. The fourth-order valence-electron chi connectivity index (χ4n) is 2.68. The number of hydrogen-bond donors (Lipinski definition) is 1. The van der Waals surface area contributed by atoms with Crippen LogP contribution in [0.1, 0.15) is 30.5 Å². The van der Waals surface area contributed by atoms with E-state index in [1.165, 1.54) is 10.7 Å². The Morgan fingerprint density at radius 2 is 1.96 bits per heavy atom. The second kappa shape index (κ2) is 7.25. The highest BCUT2D eigenvalue weighted by Crippen LogP contribution is 2.22. The van der Waals surface area contributed by atoms with Crippen molar-refractivity contribution in [2.75, 3.05) is 5.32 Å². The fourth-order valence-corrected chi connectivity index (χ4v) is 2.68. The van der Waals surface area contributed by atoms with Gasteiger partial charge in [0.2, 0.25) is 5.91 Å². The molecular weight excluding hydrogens is 319 g/mol. The van der Waals surface area contributed by atoms with Crippen molar-refractivity contribution in [2.24, 2.45) is 0 Å². The van der Waals surface area contributed by atoms with Crippen LogP contribution in [0.15, 0.2) is 54.9 Å². The summed E-state index contributed by atoms with van der Waals surface area (Å²) in [5.41, 5.74) is 2.04. The number of carbonyl (C=O) groups excluding carboxylic acids is 1. The van der Waals surface area contributed by atoms with E-state index in [9.17, 15) is 9.18 Å². The third-order valence-corrected chi connectivity index (χ3v) is 3.95. The Balaban J connectivity index is 1.77. The Kier molecular flexibility index (Phi) is 4.88. The van der Waals surface area contributed by atoms with Gasteiger partial charge in [0.25, 0.3) is 0 Å². The van der Waals surface area contributed by atoms with E-state index in [0.29, 0.717) is 23.6 Å². The van der Waals surface area contributed by atoms with Crippen molar-refractivity contribution in [2.45, 2.75) is 26.2 Å². The van der Waals surface area contributed by atoms with Crippen LogP contribution in [0.25, 0.3) is 5.69 Å². The van der Waals surface area contributed by atoms with Crippen LogP contribution in [-0.4, -0.2) is 20.7 Å². The first-order valence-corrected chi connectivity index (χ1v) is 8.06. The summed E-state index contributed by atoms with van der Waals surface area (Å²) in [4.78, 5) is 16.4. The van der Waals surface area contributed by atoms with Gasteiger partial charge in [-0.15, -0.1) is 0 Å². The Labute approximate surface area is 145 Å². The molecule has 3 aromatic rings. The van der Waals surface area contributed by atoms with Crippen molar-refractivity contribution >= 4 is 11.7 Å². The first-order valence-electron chi connectivity index (χ1n) is 8.06. The van der Waals surface area contributed by atoms with Gasteiger partial charge >= 0.3 is 0 Å². The number of amides is 1. The van der Waals surface area contributed by atoms with E-state index in [2.05, 4.69) is 15.4 Å². The minimum atomic E-state index is -0.397. The molecule has 2 heterocycles. The topological polar surface area (TPSA) is 59.8 Å². The van der Waals surface area contributed by atoms with Crippen molar-refractivity contribution in [1.82, 2.24) is 14.8 Å². The number of nitrogens with one attached hydrogen (secondary N) is 1. The van der Waals surface area contributed by atoms with Crippen LogP contribution in [0, 0.1) is 12.7 Å². The van der Waals surface area contributed by atoms with E-state index in [1.54, 1.807) is 43.6 Å². The van der Waals surface area contributed by atoms with Crippen LogP contribution in [0.3, 0.4) is 0 Å². The smallest absolute Gasteiger partial charge is 0.226 e. The number of anilines is 1. The van der Waals surface area contributed by atoms with Crippen LogP contribution in [-0.2, 0) is 4.79 Å². The molecule has 0 aliphatic rings. The molecule has 0 unspecified atom stereocenters. The summed E-state index contributed by atoms with van der Waals surface area (Å²) in [6.45, 7) is 3.78. The highest BCUT2D eigenvalue weighted by atomic mass is 19.1. The zero-order valence-corrected chi connectivity index (χ0v) is 14.1. The SMILES string of the molecule is Cc1cc(NC(=O)C[C@@H](C)c2ccncc2)n(-c2ccccc2F)n1. The van der Waals surface area contributed by atoms with Gasteiger partial charge in [-0.3, -0.25) is 9.78 Å².